The molecule has 0 bridgehead atoms. The Morgan fingerprint density at radius 3 is 3.11 bits per heavy atom. The second-order valence-electron chi connectivity index (χ2n) is 5.61. The molecule has 1 aromatic rings. The number of aromatic nitrogens is 1. The fourth-order valence-corrected chi connectivity index (χ4v) is 2.81. The first-order chi connectivity index (χ1) is 9.15. The summed E-state index contributed by atoms with van der Waals surface area (Å²) in [6.45, 7) is 5.38. The smallest absolute Gasteiger partial charge is 0.132 e. The lowest BCUT2D eigenvalue weighted by molar-refractivity contribution is 0.456. The Hall–Kier alpha value is -0.800. The second-order valence-corrected chi connectivity index (χ2v) is 5.97. The van der Waals surface area contributed by atoms with E-state index in [4.69, 9.17) is 11.6 Å². The number of rotatable bonds is 4. The van der Waals surface area contributed by atoms with Gasteiger partial charge in [0.15, 0.2) is 0 Å². The average molecular weight is 282 g/mol. The van der Waals surface area contributed by atoms with Crippen molar-refractivity contribution in [1.82, 2.24) is 10.3 Å². The van der Waals surface area contributed by atoms with Crippen LogP contribution in [-0.4, -0.2) is 23.6 Å². The quantitative estimate of drug-likeness (QED) is 0.825. The van der Waals surface area contributed by atoms with Gasteiger partial charge in [0.05, 0.1) is 11.9 Å². The van der Waals surface area contributed by atoms with Crippen molar-refractivity contribution in [3.63, 3.8) is 0 Å². The molecule has 1 fully saturated rings. The lowest BCUT2D eigenvalue weighted by Gasteiger charge is -2.22. The van der Waals surface area contributed by atoms with Gasteiger partial charge in [0.25, 0.3) is 0 Å². The predicted octanol–water partition coefficient (Wildman–Crippen LogP) is 3.77. The molecule has 0 aliphatic carbocycles. The summed E-state index contributed by atoms with van der Waals surface area (Å²) in [5.74, 6) is 0. The molecule has 3 nitrogen and oxygen atoms in total. The molecule has 1 saturated heterocycles. The highest BCUT2D eigenvalue weighted by Gasteiger charge is 2.15. The van der Waals surface area contributed by atoms with E-state index in [9.17, 15) is 0 Å². The molecular weight excluding hydrogens is 258 g/mol. The number of pyridine rings is 1. The van der Waals surface area contributed by atoms with Gasteiger partial charge in [0.1, 0.15) is 5.15 Å². The monoisotopic (exact) mass is 281 g/mol. The Kier molecular flexibility index (Phi) is 5.46. The molecule has 2 rings (SSSR count). The van der Waals surface area contributed by atoms with Crippen LogP contribution in [0.3, 0.4) is 0 Å². The van der Waals surface area contributed by atoms with Crippen molar-refractivity contribution in [2.45, 2.75) is 58.0 Å². The van der Waals surface area contributed by atoms with Crippen LogP contribution in [0.5, 0.6) is 0 Å². The second kappa shape index (κ2) is 7.11. The van der Waals surface area contributed by atoms with E-state index in [1.165, 1.54) is 32.2 Å². The Labute approximate surface area is 121 Å². The Balaban J connectivity index is 1.85. The number of nitrogens with one attached hydrogen (secondary N) is 2. The standard InChI is InChI=1S/C15H24ClN3/c1-11-8-14(10-18-15(11)16)19-12(2)9-13-6-4-3-5-7-17-13/h8,10,12-13,17,19H,3-7,9H2,1-2H3. The van der Waals surface area contributed by atoms with Crippen molar-refractivity contribution in [3.8, 4) is 0 Å². The van der Waals surface area contributed by atoms with E-state index in [0.717, 1.165) is 17.7 Å². The number of hydrogen-bond donors (Lipinski definition) is 2. The summed E-state index contributed by atoms with van der Waals surface area (Å²) in [6.07, 6.45) is 8.30. The van der Waals surface area contributed by atoms with Crippen molar-refractivity contribution in [3.05, 3.63) is 23.0 Å². The number of anilines is 1. The maximum atomic E-state index is 5.94. The van der Waals surface area contributed by atoms with Gasteiger partial charge in [-0.3, -0.25) is 0 Å². The van der Waals surface area contributed by atoms with Crippen molar-refractivity contribution in [1.29, 1.82) is 0 Å². The van der Waals surface area contributed by atoms with Crippen LogP contribution < -0.4 is 10.6 Å². The molecule has 2 heterocycles. The van der Waals surface area contributed by atoms with Gasteiger partial charge in [-0.25, -0.2) is 4.98 Å². The fraction of sp³-hybridized carbons (Fsp3) is 0.667. The van der Waals surface area contributed by atoms with Crippen LogP contribution in [0.1, 0.15) is 44.6 Å². The van der Waals surface area contributed by atoms with Crippen LogP contribution in [0.4, 0.5) is 5.69 Å². The van der Waals surface area contributed by atoms with Crippen LogP contribution >= 0.6 is 11.6 Å². The molecular formula is C15H24ClN3. The lowest BCUT2D eigenvalue weighted by atomic mass is 10.0. The average Bonchev–Trinajstić information content (AvgIpc) is 2.62. The Morgan fingerprint density at radius 1 is 1.47 bits per heavy atom. The zero-order chi connectivity index (χ0) is 13.7. The minimum Gasteiger partial charge on any atom is -0.381 e. The van der Waals surface area contributed by atoms with Gasteiger partial charge >= 0.3 is 0 Å². The molecule has 19 heavy (non-hydrogen) atoms. The van der Waals surface area contributed by atoms with Crippen LogP contribution in [-0.2, 0) is 0 Å². The zero-order valence-corrected chi connectivity index (χ0v) is 12.6. The van der Waals surface area contributed by atoms with E-state index < -0.39 is 0 Å². The molecule has 1 aliphatic rings. The summed E-state index contributed by atoms with van der Waals surface area (Å²) in [7, 11) is 0. The largest absolute Gasteiger partial charge is 0.381 e. The third-order valence-electron chi connectivity index (χ3n) is 3.73. The summed E-state index contributed by atoms with van der Waals surface area (Å²) in [5.41, 5.74) is 2.08. The first kappa shape index (κ1) is 14.6. The highest BCUT2D eigenvalue weighted by atomic mass is 35.5. The number of halogens is 1. The first-order valence-corrected chi connectivity index (χ1v) is 7.65. The maximum Gasteiger partial charge on any atom is 0.132 e. The molecule has 1 aliphatic heterocycles. The van der Waals surface area contributed by atoms with Gasteiger partial charge in [0.2, 0.25) is 0 Å². The predicted molar refractivity (Wildman–Crippen MR) is 81.9 cm³/mol. The molecule has 0 saturated carbocycles. The van der Waals surface area contributed by atoms with E-state index in [2.05, 4.69) is 28.6 Å². The van der Waals surface area contributed by atoms with Crippen LogP contribution in [0.25, 0.3) is 0 Å². The first-order valence-electron chi connectivity index (χ1n) is 7.27. The normalized spacial score (nSPS) is 21.7. The fourth-order valence-electron chi connectivity index (χ4n) is 2.71. The van der Waals surface area contributed by atoms with Gasteiger partial charge in [0, 0.05) is 12.1 Å². The third kappa shape index (κ3) is 4.66. The van der Waals surface area contributed by atoms with Crippen LogP contribution in [0, 0.1) is 6.92 Å². The van der Waals surface area contributed by atoms with Crippen LogP contribution in [0.2, 0.25) is 5.15 Å². The zero-order valence-electron chi connectivity index (χ0n) is 11.9. The molecule has 0 amide bonds. The summed E-state index contributed by atoms with van der Waals surface area (Å²) >= 11 is 5.94. The molecule has 0 spiro atoms. The molecule has 0 aromatic carbocycles. The highest BCUT2D eigenvalue weighted by Crippen LogP contribution is 2.19. The lowest BCUT2D eigenvalue weighted by Crippen LogP contribution is -2.33. The summed E-state index contributed by atoms with van der Waals surface area (Å²) in [4.78, 5) is 4.18. The van der Waals surface area contributed by atoms with Crippen molar-refractivity contribution >= 4 is 17.3 Å². The van der Waals surface area contributed by atoms with E-state index in [0.29, 0.717) is 17.2 Å². The van der Waals surface area contributed by atoms with Gasteiger partial charge in [-0.1, -0.05) is 24.4 Å². The molecule has 2 unspecified atom stereocenters. The van der Waals surface area contributed by atoms with Gasteiger partial charge in [-0.15, -0.1) is 0 Å². The van der Waals surface area contributed by atoms with E-state index in [1.807, 2.05) is 13.1 Å². The summed E-state index contributed by atoms with van der Waals surface area (Å²) in [5, 5.41) is 7.75. The Morgan fingerprint density at radius 2 is 2.32 bits per heavy atom. The molecule has 4 heteroatoms. The topological polar surface area (TPSA) is 37.0 Å². The summed E-state index contributed by atoms with van der Waals surface area (Å²) < 4.78 is 0. The van der Waals surface area contributed by atoms with Crippen molar-refractivity contribution < 1.29 is 0 Å². The number of hydrogen-bond acceptors (Lipinski definition) is 3. The summed E-state index contributed by atoms with van der Waals surface area (Å²) in [6, 6.07) is 3.15. The molecule has 0 radical (unpaired) electrons. The molecule has 1 aromatic heterocycles. The number of nitrogens with zero attached hydrogens (tertiary/aromatic N) is 1. The maximum absolute atomic E-state index is 5.94. The van der Waals surface area contributed by atoms with Crippen molar-refractivity contribution in [2.24, 2.45) is 0 Å². The van der Waals surface area contributed by atoms with Gasteiger partial charge in [-0.05, 0) is 51.3 Å². The number of aryl methyl sites for hydroxylation is 1. The van der Waals surface area contributed by atoms with Gasteiger partial charge < -0.3 is 10.6 Å². The van der Waals surface area contributed by atoms with E-state index >= 15 is 0 Å². The van der Waals surface area contributed by atoms with E-state index in [1.54, 1.807) is 0 Å². The Bertz CT molecular complexity index is 400. The molecule has 2 atom stereocenters. The van der Waals surface area contributed by atoms with E-state index in [-0.39, 0.29) is 0 Å². The molecule has 2 N–H and O–H groups in total. The van der Waals surface area contributed by atoms with Crippen LogP contribution in [0.15, 0.2) is 12.3 Å². The highest BCUT2D eigenvalue weighted by molar-refractivity contribution is 6.30. The van der Waals surface area contributed by atoms with Gasteiger partial charge in [-0.2, -0.15) is 0 Å². The molecule has 106 valence electrons. The minimum atomic E-state index is 0.443. The minimum absolute atomic E-state index is 0.443. The third-order valence-corrected chi connectivity index (χ3v) is 4.12. The van der Waals surface area contributed by atoms with Crippen molar-refractivity contribution in [2.75, 3.05) is 11.9 Å². The SMILES string of the molecule is Cc1cc(NC(C)CC2CCCCCN2)cnc1Cl.